The van der Waals surface area contributed by atoms with E-state index in [1.54, 1.807) is 13.2 Å². The molecule has 0 fully saturated rings. The standard InChI is InChI=1S/C16H18ClNO2/c1-11(13-4-6-14(20-2)7-5-13)18-16-9-12(10-19)3-8-15(16)17/h3-9,11,18-19H,10H2,1-2H3. The summed E-state index contributed by atoms with van der Waals surface area (Å²) in [6, 6.07) is 13.5. The van der Waals surface area contributed by atoms with Crippen molar-refractivity contribution in [3.05, 3.63) is 58.6 Å². The Morgan fingerprint density at radius 3 is 2.50 bits per heavy atom. The summed E-state index contributed by atoms with van der Waals surface area (Å²) in [4.78, 5) is 0. The fourth-order valence-electron chi connectivity index (χ4n) is 1.99. The van der Waals surface area contributed by atoms with E-state index in [0.29, 0.717) is 5.02 Å². The van der Waals surface area contributed by atoms with Crippen molar-refractivity contribution in [2.45, 2.75) is 19.6 Å². The quantitative estimate of drug-likeness (QED) is 0.874. The zero-order chi connectivity index (χ0) is 14.5. The lowest BCUT2D eigenvalue weighted by Crippen LogP contribution is -2.07. The molecule has 0 spiro atoms. The molecular weight excluding hydrogens is 274 g/mol. The molecule has 0 bridgehead atoms. The molecule has 2 aromatic carbocycles. The topological polar surface area (TPSA) is 41.5 Å². The number of hydrogen-bond acceptors (Lipinski definition) is 3. The van der Waals surface area contributed by atoms with Crippen LogP contribution in [0.3, 0.4) is 0 Å². The number of ether oxygens (including phenoxy) is 1. The first-order valence-electron chi connectivity index (χ1n) is 6.44. The average Bonchev–Trinajstić information content (AvgIpc) is 2.49. The maximum atomic E-state index is 9.18. The van der Waals surface area contributed by atoms with Crippen LogP contribution in [0.5, 0.6) is 5.75 Å². The Kier molecular flexibility index (Phi) is 4.88. The number of halogens is 1. The molecule has 2 N–H and O–H groups in total. The van der Waals surface area contributed by atoms with Crippen molar-refractivity contribution in [1.29, 1.82) is 0 Å². The zero-order valence-electron chi connectivity index (χ0n) is 11.6. The van der Waals surface area contributed by atoms with Gasteiger partial charge < -0.3 is 15.2 Å². The van der Waals surface area contributed by atoms with Gasteiger partial charge in [-0.15, -0.1) is 0 Å². The van der Waals surface area contributed by atoms with Gasteiger partial charge in [0.15, 0.2) is 0 Å². The Morgan fingerprint density at radius 2 is 1.90 bits per heavy atom. The van der Waals surface area contributed by atoms with Crippen LogP contribution < -0.4 is 10.1 Å². The molecule has 0 saturated carbocycles. The smallest absolute Gasteiger partial charge is 0.118 e. The number of benzene rings is 2. The summed E-state index contributed by atoms with van der Waals surface area (Å²) < 4.78 is 5.15. The molecule has 0 heterocycles. The minimum Gasteiger partial charge on any atom is -0.497 e. The van der Waals surface area contributed by atoms with Crippen LogP contribution >= 0.6 is 11.6 Å². The van der Waals surface area contributed by atoms with Crippen molar-refractivity contribution in [1.82, 2.24) is 0 Å². The highest BCUT2D eigenvalue weighted by Gasteiger charge is 2.08. The van der Waals surface area contributed by atoms with Crippen LogP contribution in [0.1, 0.15) is 24.1 Å². The van der Waals surface area contributed by atoms with E-state index < -0.39 is 0 Å². The van der Waals surface area contributed by atoms with Crippen LogP contribution in [0.4, 0.5) is 5.69 Å². The van der Waals surface area contributed by atoms with Gasteiger partial charge in [0.05, 0.1) is 24.4 Å². The van der Waals surface area contributed by atoms with Crippen LogP contribution in [0, 0.1) is 0 Å². The molecule has 1 atom stereocenters. The predicted molar refractivity (Wildman–Crippen MR) is 82.4 cm³/mol. The first-order chi connectivity index (χ1) is 9.63. The summed E-state index contributed by atoms with van der Waals surface area (Å²) in [6.45, 7) is 2.06. The van der Waals surface area contributed by atoms with E-state index in [4.69, 9.17) is 16.3 Å². The van der Waals surface area contributed by atoms with Gasteiger partial charge in [-0.2, -0.15) is 0 Å². The first-order valence-corrected chi connectivity index (χ1v) is 6.81. The fourth-order valence-corrected chi connectivity index (χ4v) is 2.16. The molecule has 0 radical (unpaired) electrons. The fraction of sp³-hybridized carbons (Fsp3) is 0.250. The van der Waals surface area contributed by atoms with Crippen LogP contribution in [-0.2, 0) is 6.61 Å². The number of methoxy groups -OCH3 is 1. The van der Waals surface area contributed by atoms with E-state index in [0.717, 1.165) is 22.6 Å². The Labute approximate surface area is 124 Å². The van der Waals surface area contributed by atoms with Gasteiger partial charge in [0.1, 0.15) is 5.75 Å². The van der Waals surface area contributed by atoms with E-state index in [-0.39, 0.29) is 12.6 Å². The second kappa shape index (κ2) is 6.64. The molecule has 2 rings (SSSR count). The minimum atomic E-state index is 0.00274. The predicted octanol–water partition coefficient (Wildman–Crippen LogP) is 4.01. The van der Waals surface area contributed by atoms with E-state index in [1.807, 2.05) is 36.4 Å². The molecule has 0 amide bonds. The summed E-state index contributed by atoms with van der Waals surface area (Å²) in [5.41, 5.74) is 2.79. The van der Waals surface area contributed by atoms with E-state index in [1.165, 1.54) is 0 Å². The molecule has 106 valence electrons. The highest BCUT2D eigenvalue weighted by molar-refractivity contribution is 6.33. The van der Waals surface area contributed by atoms with Gasteiger partial charge in [-0.3, -0.25) is 0 Å². The molecule has 2 aromatic rings. The Hall–Kier alpha value is -1.71. The molecule has 20 heavy (non-hydrogen) atoms. The highest BCUT2D eigenvalue weighted by Crippen LogP contribution is 2.28. The van der Waals surface area contributed by atoms with Crippen molar-refractivity contribution < 1.29 is 9.84 Å². The third-order valence-electron chi connectivity index (χ3n) is 3.20. The lowest BCUT2D eigenvalue weighted by molar-refractivity contribution is 0.282. The van der Waals surface area contributed by atoms with Gasteiger partial charge >= 0.3 is 0 Å². The number of aliphatic hydroxyl groups is 1. The van der Waals surface area contributed by atoms with Gasteiger partial charge in [0.25, 0.3) is 0 Å². The van der Waals surface area contributed by atoms with E-state index >= 15 is 0 Å². The minimum absolute atomic E-state index is 0.00274. The van der Waals surface area contributed by atoms with Gasteiger partial charge in [-0.1, -0.05) is 29.8 Å². The monoisotopic (exact) mass is 291 g/mol. The van der Waals surface area contributed by atoms with Crippen LogP contribution in [0.15, 0.2) is 42.5 Å². The molecular formula is C16H18ClNO2. The summed E-state index contributed by atoms with van der Waals surface area (Å²) in [6.07, 6.45) is 0. The lowest BCUT2D eigenvalue weighted by atomic mass is 10.1. The number of nitrogens with one attached hydrogen (secondary N) is 1. The second-order valence-corrected chi connectivity index (χ2v) is 5.02. The number of anilines is 1. The summed E-state index contributed by atoms with van der Waals surface area (Å²) in [5.74, 6) is 0.835. The molecule has 4 heteroatoms. The number of aliphatic hydroxyl groups excluding tert-OH is 1. The van der Waals surface area contributed by atoms with Crippen LogP contribution in [0.2, 0.25) is 5.02 Å². The molecule has 0 aliphatic carbocycles. The second-order valence-electron chi connectivity index (χ2n) is 4.61. The molecule has 3 nitrogen and oxygen atoms in total. The van der Waals surface area contributed by atoms with Gasteiger partial charge in [-0.05, 0) is 42.3 Å². The lowest BCUT2D eigenvalue weighted by Gasteiger charge is -2.17. The first kappa shape index (κ1) is 14.7. The van der Waals surface area contributed by atoms with Gasteiger partial charge in [0.2, 0.25) is 0 Å². The molecule has 0 aliphatic heterocycles. The molecule has 1 unspecified atom stereocenters. The summed E-state index contributed by atoms with van der Waals surface area (Å²) in [7, 11) is 1.65. The molecule has 0 aromatic heterocycles. The van der Waals surface area contributed by atoms with Crippen molar-refractivity contribution in [3.63, 3.8) is 0 Å². The van der Waals surface area contributed by atoms with Gasteiger partial charge in [-0.25, -0.2) is 0 Å². The Morgan fingerprint density at radius 1 is 1.20 bits per heavy atom. The Balaban J connectivity index is 2.15. The maximum absolute atomic E-state index is 9.18. The maximum Gasteiger partial charge on any atom is 0.118 e. The van der Waals surface area contributed by atoms with Crippen LogP contribution in [0.25, 0.3) is 0 Å². The van der Waals surface area contributed by atoms with Crippen LogP contribution in [-0.4, -0.2) is 12.2 Å². The van der Waals surface area contributed by atoms with Crippen molar-refractivity contribution in [2.24, 2.45) is 0 Å². The van der Waals surface area contributed by atoms with E-state index in [9.17, 15) is 5.11 Å². The summed E-state index contributed by atoms with van der Waals surface area (Å²) in [5, 5.41) is 13.2. The third-order valence-corrected chi connectivity index (χ3v) is 3.53. The summed E-state index contributed by atoms with van der Waals surface area (Å²) >= 11 is 6.17. The number of hydrogen-bond donors (Lipinski definition) is 2. The van der Waals surface area contributed by atoms with Crippen molar-refractivity contribution in [3.8, 4) is 5.75 Å². The third kappa shape index (κ3) is 3.44. The van der Waals surface area contributed by atoms with Crippen molar-refractivity contribution in [2.75, 3.05) is 12.4 Å². The van der Waals surface area contributed by atoms with Crippen molar-refractivity contribution >= 4 is 17.3 Å². The average molecular weight is 292 g/mol. The van der Waals surface area contributed by atoms with Gasteiger partial charge in [0, 0.05) is 6.04 Å². The molecule has 0 aliphatic rings. The normalized spacial score (nSPS) is 12.0. The Bertz CT molecular complexity index is 569. The highest BCUT2D eigenvalue weighted by atomic mass is 35.5. The zero-order valence-corrected chi connectivity index (χ0v) is 12.3. The molecule has 0 saturated heterocycles. The largest absolute Gasteiger partial charge is 0.497 e. The van der Waals surface area contributed by atoms with E-state index in [2.05, 4.69) is 12.2 Å². The SMILES string of the molecule is COc1ccc(C(C)Nc2cc(CO)ccc2Cl)cc1. The number of rotatable bonds is 5.